The van der Waals surface area contributed by atoms with Crippen molar-refractivity contribution >= 4 is 39.5 Å². The molecule has 0 aliphatic carbocycles. The lowest BCUT2D eigenvalue weighted by Gasteiger charge is -2.01. The van der Waals surface area contributed by atoms with E-state index < -0.39 is 0 Å². The van der Waals surface area contributed by atoms with E-state index in [1.54, 1.807) is 12.3 Å². The van der Waals surface area contributed by atoms with Gasteiger partial charge in [0, 0.05) is 6.42 Å². The summed E-state index contributed by atoms with van der Waals surface area (Å²) in [4.78, 5) is 21.8. The van der Waals surface area contributed by atoms with Gasteiger partial charge < -0.3 is 9.53 Å². The molecule has 76 valence electrons. The van der Waals surface area contributed by atoms with E-state index >= 15 is 0 Å². The number of carbonyl (C=O) groups excluding carboxylic acids is 2. The van der Waals surface area contributed by atoms with E-state index in [-0.39, 0.29) is 12.4 Å². The minimum Gasteiger partial charge on any atom is -0.462 e. The van der Waals surface area contributed by atoms with Gasteiger partial charge in [0.15, 0.2) is 0 Å². The van der Waals surface area contributed by atoms with Gasteiger partial charge in [-0.2, -0.15) is 0 Å². The highest BCUT2D eigenvalue weighted by molar-refractivity contribution is 9.11. The number of esters is 1. The maximum absolute atomic E-state index is 11.5. The molecular formula is C9H9BrO3S. The van der Waals surface area contributed by atoms with Gasteiger partial charge in [-0.1, -0.05) is 0 Å². The first-order valence-corrected chi connectivity index (χ1v) is 5.74. The van der Waals surface area contributed by atoms with Crippen molar-refractivity contribution < 1.29 is 14.3 Å². The molecule has 14 heavy (non-hydrogen) atoms. The summed E-state index contributed by atoms with van der Waals surface area (Å²) in [5, 5.41) is 1.78. The highest BCUT2D eigenvalue weighted by Crippen LogP contribution is 2.28. The highest BCUT2D eigenvalue weighted by Gasteiger charge is 2.17. The Balaban J connectivity index is 2.97. The third kappa shape index (κ3) is 2.42. The van der Waals surface area contributed by atoms with Crippen LogP contribution >= 0.6 is 27.3 Å². The van der Waals surface area contributed by atoms with Crippen LogP contribution in [0.5, 0.6) is 0 Å². The summed E-state index contributed by atoms with van der Waals surface area (Å²) in [6, 6.07) is 0. The van der Waals surface area contributed by atoms with Gasteiger partial charge in [0.05, 0.1) is 16.0 Å². The Hall–Kier alpha value is -0.680. The third-order valence-corrected chi connectivity index (χ3v) is 3.38. The predicted molar refractivity (Wildman–Crippen MR) is 57.7 cm³/mol. The van der Waals surface area contributed by atoms with Crippen molar-refractivity contribution in [3.63, 3.8) is 0 Å². The van der Waals surface area contributed by atoms with Crippen LogP contribution in [0.15, 0.2) is 9.17 Å². The molecule has 0 bridgehead atoms. The van der Waals surface area contributed by atoms with E-state index in [4.69, 9.17) is 4.74 Å². The molecule has 0 aromatic carbocycles. The fourth-order valence-corrected chi connectivity index (χ4v) is 2.51. The lowest BCUT2D eigenvalue weighted by atomic mass is 10.1. The van der Waals surface area contributed by atoms with Crippen LogP contribution in [0.4, 0.5) is 0 Å². The fourth-order valence-electron chi connectivity index (χ4n) is 1.02. The molecule has 0 N–H and O–H groups in total. The highest BCUT2D eigenvalue weighted by atomic mass is 79.9. The standard InChI is InChI=1S/C9H9BrO3S/c1-2-13-9(12)7-6(3-4-11)5-14-8(7)10/h4-5H,2-3H2,1H3. The van der Waals surface area contributed by atoms with Gasteiger partial charge in [0.25, 0.3) is 0 Å². The second-order valence-corrected chi connectivity index (χ2v) is 4.70. The molecule has 0 saturated heterocycles. The van der Waals surface area contributed by atoms with Crippen LogP contribution in [0.25, 0.3) is 0 Å². The molecule has 0 amide bonds. The number of carbonyl (C=O) groups is 2. The van der Waals surface area contributed by atoms with E-state index in [0.29, 0.717) is 16.0 Å². The van der Waals surface area contributed by atoms with E-state index in [1.165, 1.54) is 11.3 Å². The smallest absolute Gasteiger partial charge is 0.340 e. The summed E-state index contributed by atoms with van der Waals surface area (Å²) in [7, 11) is 0. The molecule has 3 nitrogen and oxygen atoms in total. The second-order valence-electron chi connectivity index (χ2n) is 2.50. The van der Waals surface area contributed by atoms with E-state index in [9.17, 15) is 9.59 Å². The van der Waals surface area contributed by atoms with E-state index in [1.807, 2.05) is 0 Å². The number of thiophene rings is 1. The normalized spacial score (nSPS) is 9.86. The molecule has 0 unspecified atom stereocenters. The van der Waals surface area contributed by atoms with Crippen LogP contribution < -0.4 is 0 Å². The van der Waals surface area contributed by atoms with Gasteiger partial charge in [-0.15, -0.1) is 11.3 Å². The topological polar surface area (TPSA) is 43.4 Å². The second kappa shape index (κ2) is 5.26. The van der Waals surface area contributed by atoms with Crippen molar-refractivity contribution in [3.05, 3.63) is 20.3 Å². The Kier molecular flexibility index (Phi) is 4.28. The lowest BCUT2D eigenvalue weighted by molar-refractivity contribution is -0.107. The van der Waals surface area contributed by atoms with Gasteiger partial charge >= 0.3 is 5.97 Å². The van der Waals surface area contributed by atoms with Crippen molar-refractivity contribution in [1.29, 1.82) is 0 Å². The van der Waals surface area contributed by atoms with Gasteiger partial charge in [-0.05, 0) is 33.8 Å². The molecule has 0 atom stereocenters. The van der Waals surface area contributed by atoms with Gasteiger partial charge in [0.1, 0.15) is 6.29 Å². The van der Waals surface area contributed by atoms with Crippen LogP contribution in [0.2, 0.25) is 0 Å². The van der Waals surface area contributed by atoms with E-state index in [0.717, 1.165) is 11.8 Å². The maximum Gasteiger partial charge on any atom is 0.340 e. The number of hydrogen-bond acceptors (Lipinski definition) is 4. The molecule has 0 fully saturated rings. The predicted octanol–water partition coefficient (Wildman–Crippen LogP) is 2.43. The first-order valence-electron chi connectivity index (χ1n) is 4.07. The van der Waals surface area contributed by atoms with Gasteiger partial charge in [-0.3, -0.25) is 0 Å². The first-order chi connectivity index (χ1) is 6.70. The number of rotatable bonds is 4. The molecule has 0 saturated carbocycles. The van der Waals surface area contributed by atoms with Crippen LogP contribution in [0, 0.1) is 0 Å². The molecule has 0 aliphatic rings. The Bertz CT molecular complexity index is 346. The van der Waals surface area contributed by atoms with Crippen LogP contribution in [0.3, 0.4) is 0 Å². The summed E-state index contributed by atoms with van der Waals surface area (Å²) in [5.41, 5.74) is 1.19. The summed E-state index contributed by atoms with van der Waals surface area (Å²) >= 11 is 4.64. The van der Waals surface area contributed by atoms with Gasteiger partial charge in [0.2, 0.25) is 0 Å². The van der Waals surface area contributed by atoms with E-state index in [2.05, 4.69) is 15.9 Å². The molecule has 0 radical (unpaired) electrons. The Morgan fingerprint density at radius 2 is 2.43 bits per heavy atom. The Morgan fingerprint density at radius 1 is 1.71 bits per heavy atom. The largest absolute Gasteiger partial charge is 0.462 e. The zero-order valence-corrected chi connectivity index (χ0v) is 9.98. The zero-order chi connectivity index (χ0) is 10.6. The lowest BCUT2D eigenvalue weighted by Crippen LogP contribution is -2.07. The Labute approximate surface area is 94.2 Å². The van der Waals surface area contributed by atoms with Crippen LogP contribution in [-0.4, -0.2) is 18.9 Å². The molecule has 0 aliphatic heterocycles. The molecule has 1 aromatic rings. The number of aldehydes is 1. The average molecular weight is 277 g/mol. The van der Waals surface area contributed by atoms with Crippen molar-refractivity contribution in [3.8, 4) is 0 Å². The number of hydrogen-bond donors (Lipinski definition) is 0. The average Bonchev–Trinajstić information content (AvgIpc) is 2.48. The van der Waals surface area contributed by atoms with Crippen molar-refractivity contribution in [2.75, 3.05) is 6.61 Å². The quantitative estimate of drug-likeness (QED) is 0.627. The monoisotopic (exact) mass is 276 g/mol. The first kappa shape index (κ1) is 11.4. The summed E-state index contributed by atoms with van der Waals surface area (Å²) in [6.07, 6.45) is 1.02. The van der Waals surface area contributed by atoms with Crippen molar-refractivity contribution in [2.45, 2.75) is 13.3 Å². The van der Waals surface area contributed by atoms with Crippen LogP contribution in [0.1, 0.15) is 22.8 Å². The SMILES string of the molecule is CCOC(=O)c1c(CC=O)csc1Br. The van der Waals surface area contributed by atoms with Crippen LogP contribution in [-0.2, 0) is 16.0 Å². The molecule has 1 rings (SSSR count). The zero-order valence-electron chi connectivity index (χ0n) is 7.58. The molecular weight excluding hydrogens is 268 g/mol. The number of halogens is 1. The number of ether oxygens (including phenoxy) is 1. The molecule has 1 aromatic heterocycles. The third-order valence-electron chi connectivity index (χ3n) is 1.61. The Morgan fingerprint density at radius 3 is 3.00 bits per heavy atom. The molecule has 0 spiro atoms. The van der Waals surface area contributed by atoms with Crippen molar-refractivity contribution in [2.24, 2.45) is 0 Å². The summed E-state index contributed by atoms with van der Waals surface area (Å²) < 4.78 is 5.59. The fraction of sp³-hybridized carbons (Fsp3) is 0.333. The molecule has 1 heterocycles. The summed E-state index contributed by atoms with van der Waals surface area (Å²) in [5.74, 6) is -0.377. The summed E-state index contributed by atoms with van der Waals surface area (Å²) in [6.45, 7) is 2.08. The molecule has 5 heteroatoms. The van der Waals surface area contributed by atoms with Gasteiger partial charge in [-0.25, -0.2) is 4.79 Å². The minimum atomic E-state index is -0.377. The maximum atomic E-state index is 11.5. The minimum absolute atomic E-state index is 0.246. The van der Waals surface area contributed by atoms with Crippen molar-refractivity contribution in [1.82, 2.24) is 0 Å².